The molecule has 0 spiro atoms. The number of nitro benzene ring substituents is 1. The molecule has 0 fully saturated rings. The van der Waals surface area contributed by atoms with Gasteiger partial charge >= 0.3 is 0 Å². The molecule has 0 bridgehead atoms. The molecule has 21 heavy (non-hydrogen) atoms. The zero-order chi connectivity index (χ0) is 15.4. The maximum absolute atomic E-state index is 12.6. The molecule has 5 nitrogen and oxygen atoms in total. The number of benzene rings is 2. The van der Waals surface area contributed by atoms with Crippen molar-refractivity contribution < 1.29 is 9.82 Å². The largest absolute Gasteiger partial charge is 0.613 e. The van der Waals surface area contributed by atoms with Crippen molar-refractivity contribution in [2.75, 3.05) is 14.1 Å². The van der Waals surface area contributed by atoms with E-state index in [1.165, 1.54) is 12.1 Å². The van der Waals surface area contributed by atoms with E-state index < -0.39 is 12.8 Å². The van der Waals surface area contributed by atoms with Crippen LogP contribution < -0.4 is 4.89 Å². The molecule has 2 aromatic rings. The van der Waals surface area contributed by atoms with Crippen molar-refractivity contribution in [2.45, 2.75) is 0 Å². The van der Waals surface area contributed by atoms with Gasteiger partial charge in [-0.1, -0.05) is 30.3 Å². The van der Waals surface area contributed by atoms with Crippen LogP contribution in [0.5, 0.6) is 0 Å². The summed E-state index contributed by atoms with van der Waals surface area (Å²) in [6, 6.07) is 15.5. The van der Waals surface area contributed by atoms with Crippen molar-refractivity contribution in [1.29, 1.82) is 0 Å². The van der Waals surface area contributed by atoms with Crippen LogP contribution in [0.2, 0.25) is 0 Å². The molecule has 0 heterocycles. The van der Waals surface area contributed by atoms with Crippen LogP contribution in [0.25, 0.3) is 0 Å². The number of hydrogen-bond acceptors (Lipinski definition) is 4. The Hall–Kier alpha value is -2.07. The zero-order valence-corrected chi connectivity index (χ0v) is 12.7. The number of non-ortho nitro benzene ring substituents is 1. The second-order valence-corrected chi connectivity index (χ2v) is 6.43. The highest BCUT2D eigenvalue weighted by Gasteiger charge is 2.19. The van der Waals surface area contributed by atoms with E-state index in [1.54, 1.807) is 30.9 Å². The molecule has 2 rings (SSSR count). The summed E-state index contributed by atoms with van der Waals surface area (Å²) in [4.78, 5) is 22.8. The van der Waals surface area contributed by atoms with Gasteiger partial charge in [0, 0.05) is 37.4 Å². The van der Waals surface area contributed by atoms with Gasteiger partial charge in [0.25, 0.3) is 5.69 Å². The minimum absolute atomic E-state index is 0.0197. The lowest BCUT2D eigenvalue weighted by molar-refractivity contribution is -0.384. The summed E-state index contributed by atoms with van der Waals surface area (Å²) < 4.78 is 1.64. The zero-order valence-electron chi connectivity index (χ0n) is 11.8. The molecule has 1 atom stereocenters. The Balaban J connectivity index is 2.56. The first kappa shape index (κ1) is 15.3. The van der Waals surface area contributed by atoms with Crippen LogP contribution in [-0.2, 0) is 0 Å². The Bertz CT molecular complexity index is 667. The third kappa shape index (κ3) is 3.52. The molecule has 0 aromatic heterocycles. The SMILES string of the molecule is CN(C)/[P+]([O-])=C(/c1ccccc1)c1ccc([N+](=O)[O-])cc1. The molecule has 6 heteroatoms. The van der Waals surface area contributed by atoms with Crippen LogP contribution in [0.3, 0.4) is 0 Å². The van der Waals surface area contributed by atoms with Crippen LogP contribution in [0.15, 0.2) is 54.6 Å². The normalized spacial score (nSPS) is 12.2. The number of nitrogens with zero attached hydrogens (tertiary/aromatic N) is 2. The molecular weight excluding hydrogens is 287 g/mol. The second kappa shape index (κ2) is 6.59. The van der Waals surface area contributed by atoms with Gasteiger partial charge < -0.3 is 4.89 Å². The Morgan fingerprint density at radius 2 is 1.52 bits per heavy atom. The minimum atomic E-state index is -1.75. The van der Waals surface area contributed by atoms with E-state index in [0.29, 0.717) is 5.29 Å². The second-order valence-electron chi connectivity index (χ2n) is 4.64. The average Bonchev–Trinajstić information content (AvgIpc) is 2.49. The average molecular weight is 302 g/mol. The first-order valence-electron chi connectivity index (χ1n) is 6.32. The fraction of sp³-hybridized carbons (Fsp3) is 0.133. The van der Waals surface area contributed by atoms with Gasteiger partial charge in [-0.3, -0.25) is 10.1 Å². The summed E-state index contributed by atoms with van der Waals surface area (Å²) in [6.45, 7) is 0. The van der Waals surface area contributed by atoms with Crippen LogP contribution in [0.1, 0.15) is 11.1 Å². The lowest BCUT2D eigenvalue weighted by Crippen LogP contribution is -2.16. The van der Waals surface area contributed by atoms with Crippen molar-refractivity contribution >= 4 is 18.9 Å². The van der Waals surface area contributed by atoms with Crippen molar-refractivity contribution in [3.8, 4) is 0 Å². The topological polar surface area (TPSA) is 69.4 Å². The fourth-order valence-corrected chi connectivity index (χ4v) is 3.06. The summed E-state index contributed by atoms with van der Waals surface area (Å²) in [5, 5.41) is 11.4. The molecule has 108 valence electrons. The van der Waals surface area contributed by atoms with Crippen LogP contribution in [0.4, 0.5) is 5.69 Å². The van der Waals surface area contributed by atoms with Crippen LogP contribution in [-0.4, -0.2) is 29.0 Å². The molecular formula is C15H15N2O3P. The summed E-state index contributed by atoms with van der Waals surface area (Å²) >= 11 is 0. The monoisotopic (exact) mass is 302 g/mol. The Kier molecular flexibility index (Phi) is 4.81. The molecule has 0 amide bonds. The third-order valence-electron chi connectivity index (χ3n) is 2.95. The first-order valence-corrected chi connectivity index (χ1v) is 7.53. The minimum Gasteiger partial charge on any atom is -0.613 e. The molecule has 0 N–H and O–H groups in total. The fourth-order valence-electron chi connectivity index (χ4n) is 1.92. The van der Waals surface area contributed by atoms with Crippen molar-refractivity contribution in [1.82, 2.24) is 4.67 Å². The van der Waals surface area contributed by atoms with Gasteiger partial charge in [0.05, 0.1) is 4.92 Å². The lowest BCUT2D eigenvalue weighted by atomic mass is 10.0. The van der Waals surface area contributed by atoms with E-state index in [2.05, 4.69) is 0 Å². The van der Waals surface area contributed by atoms with E-state index in [1.807, 2.05) is 30.3 Å². The summed E-state index contributed by atoms with van der Waals surface area (Å²) in [5.74, 6) is 0. The highest BCUT2D eigenvalue weighted by atomic mass is 31.1. The first-order chi connectivity index (χ1) is 10.0. The molecule has 2 aromatic carbocycles. The molecule has 0 radical (unpaired) electrons. The van der Waals surface area contributed by atoms with Gasteiger partial charge in [-0.25, -0.2) is 0 Å². The highest BCUT2D eigenvalue weighted by Crippen LogP contribution is 2.27. The predicted octanol–water partition coefficient (Wildman–Crippen LogP) is 2.40. The quantitative estimate of drug-likeness (QED) is 0.494. The Labute approximate surface area is 124 Å². The standard InChI is InChI=1S/C15H15N2O3P/c1-16(2)21(20)15(12-6-4-3-5-7-12)13-8-10-14(11-9-13)17(18)19/h3-11H,1-2H3. The van der Waals surface area contributed by atoms with Gasteiger partial charge in [-0.2, -0.15) is 0 Å². The number of rotatable bonds is 4. The lowest BCUT2D eigenvalue weighted by Gasteiger charge is -2.12. The third-order valence-corrected chi connectivity index (χ3v) is 4.58. The molecule has 1 unspecified atom stereocenters. The van der Waals surface area contributed by atoms with E-state index >= 15 is 0 Å². The number of nitro groups is 1. The molecule has 0 aliphatic rings. The predicted molar refractivity (Wildman–Crippen MR) is 83.4 cm³/mol. The van der Waals surface area contributed by atoms with E-state index in [0.717, 1.165) is 11.1 Å². The van der Waals surface area contributed by atoms with Crippen molar-refractivity contribution in [2.24, 2.45) is 0 Å². The molecule has 0 saturated carbocycles. The van der Waals surface area contributed by atoms with Crippen LogP contribution in [0, 0.1) is 10.1 Å². The van der Waals surface area contributed by atoms with Gasteiger partial charge in [0.1, 0.15) is 0 Å². The Morgan fingerprint density at radius 1 is 1.00 bits per heavy atom. The van der Waals surface area contributed by atoms with Crippen molar-refractivity contribution in [3.05, 3.63) is 75.8 Å². The summed E-state index contributed by atoms with van der Waals surface area (Å²) in [5.41, 5.74) is 1.59. The van der Waals surface area contributed by atoms with Gasteiger partial charge in [-0.05, 0) is 12.1 Å². The van der Waals surface area contributed by atoms with Crippen molar-refractivity contribution in [3.63, 3.8) is 0 Å². The van der Waals surface area contributed by atoms with E-state index in [-0.39, 0.29) is 5.69 Å². The smallest absolute Gasteiger partial charge is 0.269 e. The molecule has 0 aliphatic carbocycles. The maximum atomic E-state index is 12.6. The highest BCUT2D eigenvalue weighted by molar-refractivity contribution is 7.50. The van der Waals surface area contributed by atoms with Gasteiger partial charge in [0.15, 0.2) is 13.2 Å². The summed E-state index contributed by atoms with van der Waals surface area (Å²) in [7, 11) is 1.74. The Morgan fingerprint density at radius 3 is 2.00 bits per heavy atom. The molecule has 0 saturated heterocycles. The summed E-state index contributed by atoms with van der Waals surface area (Å²) in [6.07, 6.45) is 0. The van der Waals surface area contributed by atoms with E-state index in [9.17, 15) is 15.0 Å². The van der Waals surface area contributed by atoms with Crippen LogP contribution >= 0.6 is 7.92 Å². The maximum Gasteiger partial charge on any atom is 0.269 e. The molecule has 0 aliphatic heterocycles. The number of hydrogen-bond donors (Lipinski definition) is 0. The van der Waals surface area contributed by atoms with Gasteiger partial charge in [0.2, 0.25) is 0 Å². The van der Waals surface area contributed by atoms with E-state index in [4.69, 9.17) is 0 Å². The van der Waals surface area contributed by atoms with Gasteiger partial charge in [-0.15, -0.1) is 4.67 Å².